The van der Waals surface area contributed by atoms with Crippen LogP contribution in [0.25, 0.3) is 11.3 Å². The summed E-state index contributed by atoms with van der Waals surface area (Å²) in [5, 5.41) is 2.67. The third kappa shape index (κ3) is 6.24. The average molecular weight is 228 g/mol. The largest absolute Gasteiger partial charge is 1.00 e. The minimum absolute atomic E-state index is 0. The molecule has 0 atom stereocenters. The van der Waals surface area contributed by atoms with Gasteiger partial charge >= 0.3 is 51.4 Å². The number of nitrogens with zero attached hydrogens (tertiary/aromatic N) is 4. The summed E-state index contributed by atoms with van der Waals surface area (Å²) in [6.07, 6.45) is 0. The fourth-order valence-electron chi connectivity index (χ4n) is 0.462. The number of halogens is 1. The Morgan fingerprint density at radius 1 is 1.62 bits per heavy atom. The Kier molecular flexibility index (Phi) is 8.81. The van der Waals surface area contributed by atoms with Crippen molar-refractivity contribution >= 4 is 23.5 Å². The molecule has 3 N–H and O–H groups in total. The van der Waals surface area contributed by atoms with Crippen LogP contribution < -0.4 is 56.7 Å². The van der Waals surface area contributed by atoms with Crippen molar-refractivity contribution in [2.75, 3.05) is 12.4 Å². The van der Waals surface area contributed by atoms with Crippen molar-refractivity contribution in [3.63, 3.8) is 0 Å². The Morgan fingerprint density at radius 2 is 2.15 bits per heavy atom. The molecule has 66 valence electrons. The number of anilines is 1. The van der Waals surface area contributed by atoms with Crippen molar-refractivity contribution < 1.29 is 52.8 Å². The fourth-order valence-corrected chi connectivity index (χ4v) is 0.622. The van der Waals surface area contributed by atoms with Gasteiger partial charge in [-0.2, -0.15) is 0 Å². The molecular weight excluding hydrogens is 221 g/mol. The maximum absolute atomic E-state index is 6.99. The normalized spacial score (nSPS) is 8.31. The third-order valence-corrected chi connectivity index (χ3v) is 1.00. The summed E-state index contributed by atoms with van der Waals surface area (Å²) in [4.78, 5) is 10.7. The standard InChI is InChI=1S/C4H5ClN5.K.HN2/c1-7-4-9-2(5)8-3(6)10-4;;1-2/h1H3,(H2-,6,7,8,9,10);;1H/q-1;+1;-1/i/hD. The van der Waals surface area contributed by atoms with E-state index in [4.69, 9.17) is 24.3 Å². The quantitative estimate of drug-likeness (QED) is 0.464. The molecule has 1 rings (SSSR count). The van der Waals surface area contributed by atoms with Crippen molar-refractivity contribution in [2.45, 2.75) is 0 Å². The molecule has 0 aliphatic carbocycles. The molecule has 1 aromatic rings. The Labute approximate surface area is 124 Å². The van der Waals surface area contributed by atoms with Crippen LogP contribution in [0, 0.1) is 5.52 Å². The maximum Gasteiger partial charge on any atom is 1.00 e. The monoisotopic (exact) mass is 227 g/mol. The van der Waals surface area contributed by atoms with Crippen LogP contribution in [-0.2, 0) is 0 Å². The van der Waals surface area contributed by atoms with Crippen LogP contribution in [0.4, 0.5) is 11.9 Å². The predicted octanol–water partition coefficient (Wildman–Crippen LogP) is -1.16. The van der Waals surface area contributed by atoms with E-state index in [9.17, 15) is 0 Å². The molecule has 1 aromatic heterocycles. The van der Waals surface area contributed by atoms with Gasteiger partial charge in [-0.3, -0.25) is 0 Å². The molecule has 0 radical (unpaired) electrons. The second kappa shape index (κ2) is 8.72. The molecule has 7 nitrogen and oxygen atoms in total. The number of nitrogens with one attached hydrogen (secondary N) is 3. The zero-order valence-corrected chi connectivity index (χ0v) is 11.0. The van der Waals surface area contributed by atoms with E-state index >= 15 is 0 Å². The molecule has 0 saturated heterocycles. The summed E-state index contributed by atoms with van der Waals surface area (Å²) in [7, 11) is 1.64. The van der Waals surface area contributed by atoms with E-state index in [0.717, 1.165) is 0 Å². The zero-order chi connectivity index (χ0) is 10.3. The van der Waals surface area contributed by atoms with Crippen molar-refractivity contribution in [3.05, 3.63) is 16.5 Å². The fraction of sp³-hybridized carbons (Fsp3) is 0.250. The van der Waals surface area contributed by atoms with Crippen molar-refractivity contribution in [2.24, 2.45) is 0 Å². The molecule has 1 heterocycles. The number of rotatable bonds is 1. The molecule has 0 unspecified atom stereocenters. The first-order chi connectivity index (χ1) is 6.13. The summed E-state index contributed by atoms with van der Waals surface area (Å²) in [5.74, 6) is 0.175. The Bertz CT molecular complexity index is 264. The van der Waals surface area contributed by atoms with Gasteiger partial charge in [-0.1, -0.05) is 11.6 Å². The molecule has 0 saturated carbocycles. The summed E-state index contributed by atoms with van der Waals surface area (Å²) in [6, 6.07) is 0. The van der Waals surface area contributed by atoms with E-state index in [0.29, 0.717) is 5.95 Å². The molecule has 0 spiro atoms. The molecule has 13 heavy (non-hydrogen) atoms. The van der Waals surface area contributed by atoms with Gasteiger partial charge in [0, 0.05) is 13.0 Å². The molecule has 0 fully saturated rings. The average Bonchev–Trinajstić information content (AvgIpc) is 2.04. The summed E-state index contributed by atoms with van der Waals surface area (Å²) >= 11 is 5.41. The molecular formula is C4H6ClKN7-. The second-order valence-corrected chi connectivity index (χ2v) is 1.84. The maximum atomic E-state index is 6.99. The van der Waals surface area contributed by atoms with E-state index in [2.05, 4.69) is 20.3 Å². The van der Waals surface area contributed by atoms with Gasteiger partial charge in [-0.05, 0) is 0 Å². The minimum atomic E-state index is -0.135. The van der Waals surface area contributed by atoms with Crippen LogP contribution in [0.15, 0.2) is 0 Å². The van der Waals surface area contributed by atoms with Gasteiger partial charge < -0.3 is 32.1 Å². The molecule has 0 amide bonds. The number of hydrogen-bond donors (Lipinski definition) is 2. The first-order valence-corrected chi connectivity index (χ1v) is 3.11. The van der Waals surface area contributed by atoms with Crippen molar-refractivity contribution in [1.82, 2.24) is 15.0 Å². The van der Waals surface area contributed by atoms with Crippen LogP contribution in [0.2, 0.25) is 6.70 Å². The van der Waals surface area contributed by atoms with E-state index in [1.54, 1.807) is 12.6 Å². The minimum Gasteiger partial charge on any atom is -0.715 e. The number of aromatic nitrogens is 3. The second-order valence-electron chi connectivity index (χ2n) is 1.50. The zero-order valence-electron chi connectivity index (χ0n) is 8.11. The molecule has 0 aliphatic rings. The Balaban J connectivity index is 0. The first-order valence-electron chi connectivity index (χ1n) is 3.18. The Hall–Kier alpha value is 0.136. The third-order valence-electron chi connectivity index (χ3n) is 0.832. The molecule has 0 aromatic carbocycles. The van der Waals surface area contributed by atoms with Gasteiger partial charge in [0.1, 0.15) is 0 Å². The predicted molar refractivity (Wildman–Crippen MR) is 44.4 cm³/mol. The van der Waals surface area contributed by atoms with Gasteiger partial charge in [0.25, 0.3) is 0 Å². The molecule has 0 bridgehead atoms. The van der Waals surface area contributed by atoms with Crippen molar-refractivity contribution in [1.29, 1.82) is 5.52 Å². The van der Waals surface area contributed by atoms with Gasteiger partial charge in [-0.15, -0.1) is 0 Å². The summed E-state index contributed by atoms with van der Waals surface area (Å²) in [6.45, 7) is 0. The van der Waals surface area contributed by atoms with Gasteiger partial charge in [0.2, 0.25) is 0 Å². The SMILES string of the molecule is CNc1nc([NH-])nc(Cl)n1.[2H]N=[N-].[K+]. The molecule has 9 heteroatoms. The van der Waals surface area contributed by atoms with E-state index in [1.807, 2.05) is 0 Å². The van der Waals surface area contributed by atoms with Crippen LogP contribution in [-0.4, -0.2) is 22.0 Å². The van der Waals surface area contributed by atoms with Gasteiger partial charge in [-0.25, -0.2) is 4.98 Å². The van der Waals surface area contributed by atoms with Crippen LogP contribution in [0.1, 0.15) is 0 Å². The number of hydrogen-bond acceptors (Lipinski definition) is 5. The van der Waals surface area contributed by atoms with Crippen LogP contribution in [0.5, 0.6) is 0 Å². The van der Waals surface area contributed by atoms with E-state index in [-0.39, 0.29) is 62.6 Å². The summed E-state index contributed by atoms with van der Waals surface area (Å²) < 4.78 is 5.39. The van der Waals surface area contributed by atoms with Crippen molar-refractivity contribution in [3.8, 4) is 0 Å². The topological polar surface area (TPSA) is 121 Å². The van der Waals surface area contributed by atoms with E-state index < -0.39 is 0 Å². The summed E-state index contributed by atoms with van der Waals surface area (Å²) in [5.41, 5.74) is 15.6. The van der Waals surface area contributed by atoms with Gasteiger partial charge in [0.05, 0.1) is 0 Å². The van der Waals surface area contributed by atoms with E-state index in [1.165, 1.54) is 0 Å². The van der Waals surface area contributed by atoms with Crippen LogP contribution in [0.3, 0.4) is 0 Å². The molecule has 0 aliphatic heterocycles. The van der Waals surface area contributed by atoms with Crippen LogP contribution >= 0.6 is 11.6 Å². The first kappa shape index (κ1) is 13.1. The van der Waals surface area contributed by atoms with Gasteiger partial charge in [0.15, 0.2) is 12.6 Å². The Morgan fingerprint density at radius 3 is 2.54 bits per heavy atom. The smallest absolute Gasteiger partial charge is 0.715 e.